The van der Waals surface area contributed by atoms with E-state index in [4.69, 9.17) is 9.15 Å². The first-order chi connectivity index (χ1) is 9.99. The zero-order chi connectivity index (χ0) is 15.4. The molecule has 1 aromatic carbocycles. The van der Waals surface area contributed by atoms with Gasteiger partial charge in [0.25, 0.3) is 5.22 Å². The Morgan fingerprint density at radius 3 is 2.67 bits per heavy atom. The number of aromatic nitrogens is 2. The van der Waals surface area contributed by atoms with Crippen molar-refractivity contribution in [1.82, 2.24) is 10.2 Å². The number of rotatable bonds is 5. The van der Waals surface area contributed by atoms with Gasteiger partial charge in [-0.2, -0.15) is 0 Å². The van der Waals surface area contributed by atoms with Crippen LogP contribution >= 0.6 is 11.8 Å². The lowest BCUT2D eigenvalue weighted by molar-refractivity contribution is -0.298. The van der Waals surface area contributed by atoms with Crippen molar-refractivity contribution in [3.8, 4) is 5.75 Å². The second-order valence-corrected chi connectivity index (χ2v) is 5.20. The molecule has 0 amide bonds. The first-order valence-corrected chi connectivity index (χ1v) is 6.87. The summed E-state index contributed by atoms with van der Waals surface area (Å²) in [4.78, 5) is 11.2. The summed E-state index contributed by atoms with van der Waals surface area (Å²) in [6.07, 6.45) is 1.51. The Morgan fingerprint density at radius 2 is 2.14 bits per heavy atom. The predicted molar refractivity (Wildman–Crippen MR) is 75.6 cm³/mol. The normalized spacial score (nSPS) is 11.5. The Balaban J connectivity index is 2.31. The fourth-order valence-electron chi connectivity index (χ4n) is 1.62. The van der Waals surface area contributed by atoms with E-state index in [1.807, 2.05) is 13.0 Å². The van der Waals surface area contributed by atoms with Crippen molar-refractivity contribution in [3.05, 3.63) is 40.1 Å². The third-order valence-corrected chi connectivity index (χ3v) is 3.51. The molecule has 0 atom stereocenters. The van der Waals surface area contributed by atoms with E-state index in [2.05, 4.69) is 10.2 Å². The van der Waals surface area contributed by atoms with E-state index in [1.165, 1.54) is 6.08 Å². The number of methoxy groups -OCH3 is 1. The summed E-state index contributed by atoms with van der Waals surface area (Å²) >= 11 is 0.859. The van der Waals surface area contributed by atoms with Gasteiger partial charge in [-0.25, -0.2) is 0 Å². The maximum Gasteiger partial charge on any atom is 0.281 e. The molecule has 0 radical (unpaired) electrons. The number of hydrogen-bond donors (Lipinski definition) is 0. The highest BCUT2D eigenvalue weighted by Crippen LogP contribution is 2.28. The minimum absolute atomic E-state index is 0.00748. The Kier molecular flexibility index (Phi) is 4.64. The van der Waals surface area contributed by atoms with Crippen LogP contribution in [0, 0.1) is 13.8 Å². The van der Waals surface area contributed by atoms with E-state index in [1.54, 1.807) is 26.2 Å². The summed E-state index contributed by atoms with van der Waals surface area (Å²) in [5.41, 5.74) is 1.63. The van der Waals surface area contributed by atoms with Crippen LogP contribution in [0.4, 0.5) is 0 Å². The fraction of sp³-hybridized carbons (Fsp3) is 0.214. The minimum atomic E-state index is -1.30. The second-order valence-electron chi connectivity index (χ2n) is 4.21. The Labute approximate surface area is 125 Å². The molecule has 7 heteroatoms. The Hall–Kier alpha value is -2.28. The van der Waals surface area contributed by atoms with E-state index < -0.39 is 5.97 Å². The Morgan fingerprint density at radius 1 is 1.38 bits per heavy atom. The number of ether oxygens (including phenoxy) is 1. The van der Waals surface area contributed by atoms with Crippen LogP contribution in [-0.2, 0) is 4.79 Å². The van der Waals surface area contributed by atoms with Gasteiger partial charge in [0.05, 0.1) is 13.1 Å². The number of nitrogens with zero attached hydrogens (tertiary/aromatic N) is 2. The number of thioether (sulfide) groups is 1. The van der Waals surface area contributed by atoms with Gasteiger partial charge in [0.15, 0.2) is 0 Å². The third kappa shape index (κ3) is 3.85. The first-order valence-electron chi connectivity index (χ1n) is 6.05. The maximum absolute atomic E-state index is 11.2. The topological polar surface area (TPSA) is 88.3 Å². The highest BCUT2D eigenvalue weighted by atomic mass is 32.2. The van der Waals surface area contributed by atoms with Crippen LogP contribution in [-0.4, -0.2) is 23.3 Å². The molecule has 0 aliphatic carbocycles. The molecule has 6 nitrogen and oxygen atoms in total. The summed E-state index contributed by atoms with van der Waals surface area (Å²) in [6.45, 7) is 3.50. The third-order valence-electron chi connectivity index (χ3n) is 2.67. The lowest BCUT2D eigenvalue weighted by atomic mass is 10.1. The molecule has 21 heavy (non-hydrogen) atoms. The van der Waals surface area contributed by atoms with Crippen LogP contribution in [0.1, 0.15) is 17.0 Å². The van der Waals surface area contributed by atoms with Gasteiger partial charge in [0.1, 0.15) is 5.75 Å². The Bertz CT molecular complexity index is 694. The highest BCUT2D eigenvalue weighted by Gasteiger charge is 2.09. The number of hydrogen-bond acceptors (Lipinski definition) is 7. The van der Waals surface area contributed by atoms with Gasteiger partial charge in [-0.1, -0.05) is 6.07 Å². The molecule has 0 spiro atoms. The minimum Gasteiger partial charge on any atom is -0.544 e. The van der Waals surface area contributed by atoms with E-state index >= 15 is 0 Å². The van der Waals surface area contributed by atoms with Crippen LogP contribution in [0.5, 0.6) is 5.75 Å². The van der Waals surface area contributed by atoms with Crippen molar-refractivity contribution < 1.29 is 19.1 Å². The molecule has 1 heterocycles. The van der Waals surface area contributed by atoms with E-state index in [0.717, 1.165) is 22.9 Å². The number of aryl methyl sites for hydroxylation is 2. The van der Waals surface area contributed by atoms with E-state index in [0.29, 0.717) is 11.6 Å². The smallest absolute Gasteiger partial charge is 0.281 e. The number of carbonyl (C=O) groups excluding carboxylic acids is 1. The van der Waals surface area contributed by atoms with Crippen LogP contribution in [0.2, 0.25) is 0 Å². The van der Waals surface area contributed by atoms with Gasteiger partial charge < -0.3 is 19.1 Å². The molecular weight excluding hydrogens is 292 g/mol. The second kappa shape index (κ2) is 6.45. The van der Waals surface area contributed by atoms with Crippen molar-refractivity contribution in [1.29, 1.82) is 0 Å². The summed E-state index contributed by atoms with van der Waals surface area (Å²) in [7, 11) is 1.57. The van der Waals surface area contributed by atoms with Crippen LogP contribution in [0.15, 0.2) is 32.7 Å². The molecule has 0 unspecified atom stereocenters. The molecule has 0 aliphatic heterocycles. The highest BCUT2D eigenvalue weighted by molar-refractivity contribution is 8.03. The molecule has 110 valence electrons. The van der Waals surface area contributed by atoms with Crippen LogP contribution < -0.4 is 9.84 Å². The monoisotopic (exact) mass is 305 g/mol. The molecule has 0 N–H and O–H groups in total. The van der Waals surface area contributed by atoms with Crippen molar-refractivity contribution in [2.24, 2.45) is 0 Å². The summed E-state index contributed by atoms with van der Waals surface area (Å²) < 4.78 is 10.3. The van der Waals surface area contributed by atoms with Crippen molar-refractivity contribution in [3.63, 3.8) is 0 Å². The van der Waals surface area contributed by atoms with Gasteiger partial charge >= 0.3 is 0 Å². The maximum atomic E-state index is 11.2. The molecule has 0 fully saturated rings. The van der Waals surface area contributed by atoms with Gasteiger partial charge in [-0.15, -0.1) is 10.2 Å². The quantitative estimate of drug-likeness (QED) is 0.612. The number of benzene rings is 1. The molecular formula is C14H13N2O4S-. The number of carboxylic acid groups (broad SMARTS) is 1. The number of aliphatic carboxylic acids is 1. The fourth-order valence-corrected chi connectivity index (χ4v) is 2.32. The van der Waals surface area contributed by atoms with Gasteiger partial charge in [-0.05, 0) is 48.0 Å². The zero-order valence-corrected chi connectivity index (χ0v) is 12.6. The van der Waals surface area contributed by atoms with Gasteiger partial charge in [0, 0.05) is 11.8 Å². The summed E-state index contributed by atoms with van der Waals surface area (Å²) in [5, 5.41) is 18.8. The SMILES string of the molecule is COc1ccc(/C=C(\Sc2nnc(C)o2)C(=O)[O-])c(C)c1. The van der Waals surface area contributed by atoms with E-state index in [9.17, 15) is 9.90 Å². The standard InChI is InChI=1S/C14H14N2O4S/c1-8-6-11(19-3)5-4-10(8)7-12(13(17)18)21-14-16-15-9(2)20-14/h4-7H,1-3H3,(H,17,18)/p-1/b12-7-. The van der Waals surface area contributed by atoms with Crippen molar-refractivity contribution in [2.75, 3.05) is 7.11 Å². The van der Waals surface area contributed by atoms with Crippen molar-refractivity contribution in [2.45, 2.75) is 19.1 Å². The summed E-state index contributed by atoms with van der Waals surface area (Å²) in [6, 6.07) is 5.35. The molecule has 0 saturated carbocycles. The average molecular weight is 305 g/mol. The molecule has 1 aromatic heterocycles. The van der Waals surface area contributed by atoms with Crippen LogP contribution in [0.25, 0.3) is 6.08 Å². The molecule has 0 saturated heterocycles. The molecule has 0 aliphatic rings. The largest absolute Gasteiger partial charge is 0.544 e. The van der Waals surface area contributed by atoms with Crippen LogP contribution in [0.3, 0.4) is 0 Å². The lowest BCUT2D eigenvalue weighted by Gasteiger charge is -2.08. The number of carbonyl (C=O) groups is 1. The number of carboxylic acids is 1. The first kappa shape index (κ1) is 15.1. The molecule has 2 aromatic rings. The van der Waals surface area contributed by atoms with Crippen molar-refractivity contribution >= 4 is 23.8 Å². The van der Waals surface area contributed by atoms with Gasteiger partial charge in [-0.3, -0.25) is 0 Å². The predicted octanol–water partition coefficient (Wildman–Crippen LogP) is 1.58. The zero-order valence-electron chi connectivity index (χ0n) is 11.7. The molecule has 2 rings (SSSR count). The lowest BCUT2D eigenvalue weighted by Crippen LogP contribution is -2.23. The molecule has 0 bridgehead atoms. The average Bonchev–Trinajstić information content (AvgIpc) is 2.85. The van der Waals surface area contributed by atoms with Gasteiger partial charge in [0.2, 0.25) is 5.89 Å². The van der Waals surface area contributed by atoms with E-state index in [-0.39, 0.29) is 10.1 Å². The summed E-state index contributed by atoms with van der Waals surface area (Å²) in [5.74, 6) is -0.221.